The van der Waals surface area contributed by atoms with Gasteiger partial charge in [-0.05, 0) is 25.5 Å². The van der Waals surface area contributed by atoms with Crippen molar-refractivity contribution in [3.63, 3.8) is 0 Å². The Hall–Kier alpha value is -1.38. The first-order valence-corrected chi connectivity index (χ1v) is 4.83. The van der Waals surface area contributed by atoms with E-state index >= 15 is 0 Å². The first-order chi connectivity index (χ1) is 6.74. The summed E-state index contributed by atoms with van der Waals surface area (Å²) in [5.41, 5.74) is 1.47. The van der Waals surface area contributed by atoms with Crippen molar-refractivity contribution in [2.45, 2.75) is 27.7 Å². The molecule has 3 heteroatoms. The average molecular weight is 195 g/mol. The van der Waals surface area contributed by atoms with Gasteiger partial charge in [0.1, 0.15) is 0 Å². The highest BCUT2D eigenvalue weighted by molar-refractivity contribution is 5.89. The molecule has 0 amide bonds. The summed E-state index contributed by atoms with van der Waals surface area (Å²) in [6.07, 6.45) is 3.20. The lowest BCUT2D eigenvalue weighted by Crippen LogP contribution is -2.04. The van der Waals surface area contributed by atoms with Gasteiger partial charge in [0.15, 0.2) is 0 Å². The predicted octanol–water partition coefficient (Wildman–Crippen LogP) is 2.59. The van der Waals surface area contributed by atoms with E-state index in [1.54, 1.807) is 19.2 Å². The Morgan fingerprint density at radius 2 is 2.07 bits per heavy atom. The van der Waals surface area contributed by atoms with Crippen LogP contribution in [0.25, 0.3) is 0 Å². The van der Waals surface area contributed by atoms with E-state index in [0.717, 1.165) is 5.56 Å². The normalized spacial score (nSPS) is 8.57. The molecule has 1 heterocycles. The van der Waals surface area contributed by atoms with Crippen LogP contribution >= 0.6 is 0 Å². The number of carbonyl (C=O) groups excluding carboxylic acids is 1. The van der Waals surface area contributed by atoms with Crippen LogP contribution in [0.1, 0.15) is 36.7 Å². The Morgan fingerprint density at radius 3 is 2.57 bits per heavy atom. The summed E-state index contributed by atoms with van der Waals surface area (Å²) in [7, 11) is 0. The van der Waals surface area contributed by atoms with Crippen molar-refractivity contribution in [3.8, 4) is 0 Å². The first-order valence-electron chi connectivity index (χ1n) is 4.83. The molecule has 0 radical (unpaired) electrons. The van der Waals surface area contributed by atoms with E-state index in [1.165, 1.54) is 6.20 Å². The second kappa shape index (κ2) is 7.06. The number of aryl methyl sites for hydroxylation is 1. The van der Waals surface area contributed by atoms with Crippen molar-refractivity contribution in [1.82, 2.24) is 4.98 Å². The highest BCUT2D eigenvalue weighted by Crippen LogP contribution is 2.02. The van der Waals surface area contributed by atoms with Crippen LogP contribution in [0, 0.1) is 6.92 Å². The fourth-order valence-corrected chi connectivity index (χ4v) is 0.881. The minimum atomic E-state index is -0.311. The van der Waals surface area contributed by atoms with Crippen LogP contribution in [-0.2, 0) is 4.74 Å². The standard InChI is InChI=1S/C9H11NO2.C2H6/c1-3-12-9(11)8-4-7(2)5-10-6-8;1-2/h4-6H,3H2,1-2H3;1-2H3. The molecule has 78 valence electrons. The Morgan fingerprint density at radius 1 is 1.43 bits per heavy atom. The molecule has 0 atom stereocenters. The van der Waals surface area contributed by atoms with Gasteiger partial charge in [0.2, 0.25) is 0 Å². The molecule has 0 aliphatic heterocycles. The highest BCUT2D eigenvalue weighted by atomic mass is 16.5. The van der Waals surface area contributed by atoms with Crippen LogP contribution in [0.2, 0.25) is 0 Å². The van der Waals surface area contributed by atoms with E-state index in [1.807, 2.05) is 20.8 Å². The Bertz CT molecular complexity index is 284. The van der Waals surface area contributed by atoms with Gasteiger partial charge >= 0.3 is 5.97 Å². The predicted molar refractivity (Wildman–Crippen MR) is 56.3 cm³/mol. The monoisotopic (exact) mass is 195 g/mol. The summed E-state index contributed by atoms with van der Waals surface area (Å²) in [4.78, 5) is 15.0. The second-order valence-electron chi connectivity index (χ2n) is 2.47. The largest absolute Gasteiger partial charge is 0.462 e. The van der Waals surface area contributed by atoms with E-state index in [0.29, 0.717) is 12.2 Å². The summed E-state index contributed by atoms with van der Waals surface area (Å²) in [6.45, 7) is 8.06. The third-order valence-electron chi connectivity index (χ3n) is 1.39. The van der Waals surface area contributed by atoms with E-state index in [2.05, 4.69) is 4.98 Å². The van der Waals surface area contributed by atoms with Crippen LogP contribution < -0.4 is 0 Å². The molecule has 0 aliphatic rings. The maximum absolute atomic E-state index is 11.1. The Balaban J connectivity index is 0.000000791. The molecule has 0 saturated carbocycles. The summed E-state index contributed by atoms with van der Waals surface area (Å²) < 4.78 is 4.80. The number of ether oxygens (including phenoxy) is 1. The number of nitrogens with zero attached hydrogens (tertiary/aromatic N) is 1. The van der Waals surface area contributed by atoms with Gasteiger partial charge in [-0.3, -0.25) is 4.98 Å². The van der Waals surface area contributed by atoms with Crippen LogP contribution in [0.3, 0.4) is 0 Å². The van der Waals surface area contributed by atoms with Gasteiger partial charge in [0.05, 0.1) is 12.2 Å². The van der Waals surface area contributed by atoms with Crippen molar-refractivity contribution in [1.29, 1.82) is 0 Å². The third kappa shape index (κ3) is 4.03. The minimum Gasteiger partial charge on any atom is -0.462 e. The zero-order valence-electron chi connectivity index (χ0n) is 9.20. The zero-order valence-corrected chi connectivity index (χ0v) is 9.20. The molecule has 0 spiro atoms. The smallest absolute Gasteiger partial charge is 0.339 e. The van der Waals surface area contributed by atoms with E-state index in [9.17, 15) is 4.79 Å². The van der Waals surface area contributed by atoms with Gasteiger partial charge < -0.3 is 4.74 Å². The first kappa shape index (κ1) is 12.6. The molecule has 0 unspecified atom stereocenters. The lowest BCUT2D eigenvalue weighted by molar-refractivity contribution is 0.0526. The summed E-state index contributed by atoms with van der Waals surface area (Å²) in [5, 5.41) is 0. The molecule has 0 bridgehead atoms. The number of pyridine rings is 1. The zero-order chi connectivity index (χ0) is 11.0. The van der Waals surface area contributed by atoms with Crippen LogP contribution in [0.15, 0.2) is 18.5 Å². The SMILES string of the molecule is CC.CCOC(=O)c1cncc(C)c1. The molecule has 1 rings (SSSR count). The van der Waals surface area contributed by atoms with Crippen molar-refractivity contribution in [2.75, 3.05) is 6.61 Å². The maximum atomic E-state index is 11.1. The quantitative estimate of drug-likeness (QED) is 0.681. The van der Waals surface area contributed by atoms with Gasteiger partial charge in [-0.2, -0.15) is 0 Å². The van der Waals surface area contributed by atoms with E-state index in [-0.39, 0.29) is 5.97 Å². The molecule has 0 aromatic carbocycles. The number of carbonyl (C=O) groups is 1. The summed E-state index contributed by atoms with van der Waals surface area (Å²) in [6, 6.07) is 1.75. The van der Waals surface area contributed by atoms with Crippen LogP contribution in [0.4, 0.5) is 0 Å². The molecule has 1 aromatic heterocycles. The molecule has 14 heavy (non-hydrogen) atoms. The average Bonchev–Trinajstić information content (AvgIpc) is 2.21. The van der Waals surface area contributed by atoms with Gasteiger partial charge in [0.25, 0.3) is 0 Å². The molecule has 1 aromatic rings. The number of esters is 1. The van der Waals surface area contributed by atoms with Crippen LogP contribution in [0.5, 0.6) is 0 Å². The van der Waals surface area contributed by atoms with E-state index in [4.69, 9.17) is 4.74 Å². The molecular weight excluding hydrogens is 178 g/mol. The molecule has 3 nitrogen and oxygen atoms in total. The van der Waals surface area contributed by atoms with E-state index < -0.39 is 0 Å². The number of hydrogen-bond acceptors (Lipinski definition) is 3. The third-order valence-corrected chi connectivity index (χ3v) is 1.39. The van der Waals surface area contributed by atoms with Gasteiger partial charge in [0, 0.05) is 12.4 Å². The lowest BCUT2D eigenvalue weighted by atomic mass is 10.2. The Kier molecular flexibility index (Phi) is 6.37. The highest BCUT2D eigenvalue weighted by Gasteiger charge is 2.05. The molecular formula is C11H17NO2. The van der Waals surface area contributed by atoms with Crippen molar-refractivity contribution in [3.05, 3.63) is 29.6 Å². The van der Waals surface area contributed by atoms with Crippen LogP contribution in [-0.4, -0.2) is 17.6 Å². The molecule has 0 fully saturated rings. The maximum Gasteiger partial charge on any atom is 0.339 e. The summed E-state index contributed by atoms with van der Waals surface area (Å²) >= 11 is 0. The van der Waals surface area contributed by atoms with Gasteiger partial charge in [-0.15, -0.1) is 0 Å². The van der Waals surface area contributed by atoms with Gasteiger partial charge in [-0.1, -0.05) is 13.8 Å². The topological polar surface area (TPSA) is 39.2 Å². The lowest BCUT2D eigenvalue weighted by Gasteiger charge is -2.00. The van der Waals surface area contributed by atoms with Crippen molar-refractivity contribution in [2.24, 2.45) is 0 Å². The number of hydrogen-bond donors (Lipinski definition) is 0. The summed E-state index contributed by atoms with van der Waals surface area (Å²) in [5.74, 6) is -0.311. The fraction of sp³-hybridized carbons (Fsp3) is 0.455. The molecule has 0 N–H and O–H groups in total. The molecule has 0 aliphatic carbocycles. The molecule has 0 saturated heterocycles. The van der Waals surface area contributed by atoms with Gasteiger partial charge in [-0.25, -0.2) is 4.79 Å². The Labute approximate surface area is 85.1 Å². The number of rotatable bonds is 2. The second-order valence-corrected chi connectivity index (χ2v) is 2.47. The fourth-order valence-electron chi connectivity index (χ4n) is 0.881. The van der Waals surface area contributed by atoms with Crippen molar-refractivity contribution >= 4 is 5.97 Å². The number of aromatic nitrogens is 1. The minimum absolute atomic E-state index is 0.311. The van der Waals surface area contributed by atoms with Crippen molar-refractivity contribution < 1.29 is 9.53 Å².